The van der Waals surface area contributed by atoms with Crippen molar-refractivity contribution < 1.29 is 4.74 Å². The standard InChI is InChI=1S/C12H27NO/c1-4-6-7-8-12(5-2)11-13-9-10-14-3/h12-13H,4-11H2,1-3H3. The lowest BCUT2D eigenvalue weighted by Crippen LogP contribution is -2.25. The minimum absolute atomic E-state index is 0.825. The van der Waals surface area contributed by atoms with Gasteiger partial charge in [-0.15, -0.1) is 0 Å². The molecule has 0 saturated carbocycles. The molecule has 0 aliphatic rings. The number of rotatable bonds is 10. The van der Waals surface area contributed by atoms with E-state index in [2.05, 4.69) is 19.2 Å². The molecular formula is C12H27NO. The number of unbranched alkanes of at least 4 members (excludes halogenated alkanes) is 2. The maximum atomic E-state index is 4.99. The van der Waals surface area contributed by atoms with Crippen LogP contribution in [-0.4, -0.2) is 26.8 Å². The predicted octanol–water partition coefficient (Wildman–Crippen LogP) is 2.83. The smallest absolute Gasteiger partial charge is 0.0587 e. The molecule has 0 aromatic carbocycles. The number of hydrogen-bond donors (Lipinski definition) is 1. The summed E-state index contributed by atoms with van der Waals surface area (Å²) in [5.74, 6) is 0.860. The molecular weight excluding hydrogens is 174 g/mol. The van der Waals surface area contributed by atoms with Gasteiger partial charge in [0.25, 0.3) is 0 Å². The van der Waals surface area contributed by atoms with E-state index < -0.39 is 0 Å². The van der Waals surface area contributed by atoms with Crippen LogP contribution in [0.25, 0.3) is 0 Å². The molecule has 1 atom stereocenters. The maximum Gasteiger partial charge on any atom is 0.0587 e. The Kier molecular flexibility index (Phi) is 10.9. The molecule has 0 radical (unpaired) electrons. The average Bonchev–Trinajstić information content (AvgIpc) is 2.22. The van der Waals surface area contributed by atoms with Gasteiger partial charge in [-0.1, -0.05) is 39.5 Å². The Morgan fingerprint density at radius 2 is 2.00 bits per heavy atom. The van der Waals surface area contributed by atoms with Crippen LogP contribution < -0.4 is 5.32 Å². The largest absolute Gasteiger partial charge is 0.383 e. The third-order valence-electron chi connectivity index (χ3n) is 2.71. The van der Waals surface area contributed by atoms with Gasteiger partial charge < -0.3 is 10.1 Å². The molecule has 14 heavy (non-hydrogen) atoms. The van der Waals surface area contributed by atoms with Crippen LogP contribution in [0, 0.1) is 5.92 Å². The van der Waals surface area contributed by atoms with Crippen LogP contribution in [0.3, 0.4) is 0 Å². The van der Waals surface area contributed by atoms with Gasteiger partial charge in [0.1, 0.15) is 0 Å². The molecule has 2 heteroatoms. The maximum absolute atomic E-state index is 4.99. The number of methoxy groups -OCH3 is 1. The van der Waals surface area contributed by atoms with Gasteiger partial charge in [-0.25, -0.2) is 0 Å². The minimum atomic E-state index is 0.825. The number of hydrogen-bond acceptors (Lipinski definition) is 2. The minimum Gasteiger partial charge on any atom is -0.383 e. The van der Waals surface area contributed by atoms with Crippen molar-refractivity contribution in [2.24, 2.45) is 5.92 Å². The van der Waals surface area contributed by atoms with Crippen molar-refractivity contribution in [3.05, 3.63) is 0 Å². The summed E-state index contributed by atoms with van der Waals surface area (Å²) in [6.45, 7) is 7.52. The van der Waals surface area contributed by atoms with Crippen molar-refractivity contribution >= 4 is 0 Å². The Bertz CT molecular complexity index is 106. The zero-order valence-electron chi connectivity index (χ0n) is 10.1. The summed E-state index contributed by atoms with van der Waals surface area (Å²) in [5, 5.41) is 3.44. The highest BCUT2D eigenvalue weighted by Gasteiger charge is 2.04. The SMILES string of the molecule is CCCCCC(CC)CNCCOC. The van der Waals surface area contributed by atoms with E-state index in [1.807, 2.05) is 0 Å². The summed E-state index contributed by atoms with van der Waals surface area (Å²) >= 11 is 0. The van der Waals surface area contributed by atoms with Gasteiger partial charge in [-0.05, 0) is 18.9 Å². The Labute approximate surface area is 89.4 Å². The molecule has 0 rings (SSSR count). The van der Waals surface area contributed by atoms with E-state index >= 15 is 0 Å². The van der Waals surface area contributed by atoms with E-state index in [0.29, 0.717) is 0 Å². The first-order valence-corrected chi connectivity index (χ1v) is 6.04. The van der Waals surface area contributed by atoms with Crippen LogP contribution in [0.1, 0.15) is 46.0 Å². The average molecular weight is 201 g/mol. The second-order valence-electron chi connectivity index (χ2n) is 3.97. The first-order chi connectivity index (χ1) is 6.85. The van der Waals surface area contributed by atoms with Crippen LogP contribution in [0.4, 0.5) is 0 Å². The molecule has 0 amide bonds. The highest BCUT2D eigenvalue weighted by Crippen LogP contribution is 2.12. The van der Waals surface area contributed by atoms with Gasteiger partial charge in [-0.3, -0.25) is 0 Å². The number of nitrogens with one attached hydrogen (secondary N) is 1. The zero-order valence-corrected chi connectivity index (χ0v) is 10.1. The molecule has 0 aromatic rings. The van der Waals surface area contributed by atoms with Gasteiger partial charge in [0.15, 0.2) is 0 Å². The fourth-order valence-corrected chi connectivity index (χ4v) is 1.61. The molecule has 2 nitrogen and oxygen atoms in total. The molecule has 0 aromatic heterocycles. The Balaban J connectivity index is 3.28. The molecule has 86 valence electrons. The molecule has 0 bridgehead atoms. The van der Waals surface area contributed by atoms with Crippen LogP contribution in [0.5, 0.6) is 0 Å². The van der Waals surface area contributed by atoms with Gasteiger partial charge >= 0.3 is 0 Å². The number of ether oxygens (including phenoxy) is 1. The highest BCUT2D eigenvalue weighted by molar-refractivity contribution is 4.60. The van der Waals surface area contributed by atoms with Crippen LogP contribution >= 0.6 is 0 Å². The fourth-order valence-electron chi connectivity index (χ4n) is 1.61. The molecule has 0 heterocycles. The Morgan fingerprint density at radius 1 is 1.21 bits per heavy atom. The molecule has 0 spiro atoms. The van der Waals surface area contributed by atoms with Crippen LogP contribution in [0.2, 0.25) is 0 Å². The van der Waals surface area contributed by atoms with Gasteiger partial charge in [-0.2, -0.15) is 0 Å². The lowest BCUT2D eigenvalue weighted by Gasteiger charge is -2.15. The van der Waals surface area contributed by atoms with Gasteiger partial charge in [0.05, 0.1) is 6.61 Å². The third-order valence-corrected chi connectivity index (χ3v) is 2.71. The van der Waals surface area contributed by atoms with Crippen LogP contribution in [-0.2, 0) is 4.74 Å². The molecule has 1 unspecified atom stereocenters. The van der Waals surface area contributed by atoms with Crippen molar-refractivity contribution in [3.8, 4) is 0 Å². The van der Waals surface area contributed by atoms with E-state index in [4.69, 9.17) is 4.74 Å². The van der Waals surface area contributed by atoms with Crippen molar-refractivity contribution in [2.45, 2.75) is 46.0 Å². The van der Waals surface area contributed by atoms with Crippen molar-refractivity contribution in [2.75, 3.05) is 26.8 Å². The van der Waals surface area contributed by atoms with E-state index in [-0.39, 0.29) is 0 Å². The third kappa shape index (κ3) is 8.52. The van der Waals surface area contributed by atoms with Gasteiger partial charge in [0, 0.05) is 13.7 Å². The summed E-state index contributed by atoms with van der Waals surface area (Å²) in [6, 6.07) is 0. The summed E-state index contributed by atoms with van der Waals surface area (Å²) in [6.07, 6.45) is 6.77. The summed E-state index contributed by atoms with van der Waals surface area (Å²) < 4.78 is 4.99. The van der Waals surface area contributed by atoms with E-state index in [0.717, 1.165) is 25.6 Å². The summed E-state index contributed by atoms with van der Waals surface area (Å²) in [7, 11) is 1.75. The molecule has 0 aliphatic carbocycles. The second-order valence-corrected chi connectivity index (χ2v) is 3.97. The monoisotopic (exact) mass is 201 g/mol. The van der Waals surface area contributed by atoms with E-state index in [1.165, 1.54) is 32.1 Å². The molecule has 0 saturated heterocycles. The van der Waals surface area contributed by atoms with Crippen LogP contribution in [0.15, 0.2) is 0 Å². The van der Waals surface area contributed by atoms with E-state index in [9.17, 15) is 0 Å². The quantitative estimate of drug-likeness (QED) is 0.549. The molecule has 0 aliphatic heterocycles. The van der Waals surface area contributed by atoms with Crippen molar-refractivity contribution in [3.63, 3.8) is 0 Å². The molecule has 1 N–H and O–H groups in total. The Hall–Kier alpha value is -0.0800. The van der Waals surface area contributed by atoms with Crippen molar-refractivity contribution in [1.29, 1.82) is 0 Å². The lowest BCUT2D eigenvalue weighted by atomic mass is 9.99. The zero-order chi connectivity index (χ0) is 10.6. The fraction of sp³-hybridized carbons (Fsp3) is 1.00. The predicted molar refractivity (Wildman–Crippen MR) is 62.7 cm³/mol. The lowest BCUT2D eigenvalue weighted by molar-refractivity contribution is 0.197. The first kappa shape index (κ1) is 13.9. The first-order valence-electron chi connectivity index (χ1n) is 6.04. The van der Waals surface area contributed by atoms with E-state index in [1.54, 1.807) is 7.11 Å². The van der Waals surface area contributed by atoms with Crippen molar-refractivity contribution in [1.82, 2.24) is 5.32 Å². The Morgan fingerprint density at radius 3 is 2.57 bits per heavy atom. The highest BCUT2D eigenvalue weighted by atomic mass is 16.5. The van der Waals surface area contributed by atoms with Gasteiger partial charge in [0.2, 0.25) is 0 Å². The normalized spacial score (nSPS) is 13.1. The molecule has 0 fully saturated rings. The second kappa shape index (κ2) is 11.0. The topological polar surface area (TPSA) is 21.3 Å². The summed E-state index contributed by atoms with van der Waals surface area (Å²) in [4.78, 5) is 0. The summed E-state index contributed by atoms with van der Waals surface area (Å²) in [5.41, 5.74) is 0.